The lowest BCUT2D eigenvalue weighted by atomic mass is 10.3. The summed E-state index contributed by atoms with van der Waals surface area (Å²) in [6, 6.07) is 7.11. The molecule has 0 aliphatic heterocycles. The molecule has 1 N–H and O–H groups in total. The van der Waals surface area contributed by atoms with E-state index in [1.54, 1.807) is 30.5 Å². The van der Waals surface area contributed by atoms with E-state index in [4.69, 9.17) is 16.3 Å². The second-order valence-electron chi connectivity index (χ2n) is 3.83. The molecule has 0 atom stereocenters. The zero-order valence-electron chi connectivity index (χ0n) is 10.4. The molecule has 0 radical (unpaired) electrons. The average molecular weight is 343 g/mol. The Morgan fingerprint density at radius 3 is 2.74 bits per heavy atom. The molecule has 0 saturated heterocycles. The smallest absolute Gasteiger partial charge is 0.238 e. The second-order valence-corrected chi connectivity index (χ2v) is 5.12. The molecule has 2 aromatic rings. The summed E-state index contributed by atoms with van der Waals surface area (Å²) in [7, 11) is 0. The second kappa shape index (κ2) is 6.73. The molecule has 6 heteroatoms. The van der Waals surface area contributed by atoms with Crippen molar-refractivity contribution in [2.75, 3.05) is 11.9 Å². The van der Waals surface area contributed by atoms with Crippen LogP contribution in [0.4, 0.5) is 5.95 Å². The normalized spacial score (nSPS) is 10.3. The third kappa shape index (κ3) is 4.08. The van der Waals surface area contributed by atoms with Crippen LogP contribution in [0.3, 0.4) is 0 Å². The maximum Gasteiger partial charge on any atom is 0.238 e. The van der Waals surface area contributed by atoms with Crippen molar-refractivity contribution < 1.29 is 4.74 Å². The summed E-state index contributed by atoms with van der Waals surface area (Å²) in [5.41, 5.74) is 0. The van der Waals surface area contributed by atoms with E-state index in [-0.39, 0.29) is 0 Å². The van der Waals surface area contributed by atoms with E-state index in [9.17, 15) is 0 Å². The molecule has 1 aromatic heterocycles. The van der Waals surface area contributed by atoms with E-state index in [2.05, 4.69) is 38.1 Å². The third-order valence-corrected chi connectivity index (χ3v) is 3.07. The summed E-state index contributed by atoms with van der Waals surface area (Å²) >= 11 is 9.19. The minimum atomic E-state index is 0.468. The first-order chi connectivity index (χ1) is 9.19. The van der Waals surface area contributed by atoms with Crippen LogP contribution in [0.2, 0.25) is 5.02 Å². The van der Waals surface area contributed by atoms with Crippen LogP contribution in [0.25, 0.3) is 0 Å². The number of halogens is 2. The predicted molar refractivity (Wildman–Crippen MR) is 80.0 cm³/mol. The van der Waals surface area contributed by atoms with Gasteiger partial charge in [0.05, 0.1) is 10.7 Å². The number of nitrogens with one attached hydrogen (secondary N) is 1. The van der Waals surface area contributed by atoms with E-state index < -0.39 is 0 Å². The molecule has 0 amide bonds. The summed E-state index contributed by atoms with van der Waals surface area (Å²) in [4.78, 5) is 8.47. The molecule has 0 unspecified atom stereocenters. The molecule has 4 nitrogen and oxygen atoms in total. The molecule has 0 aliphatic carbocycles. The number of ether oxygens (including phenoxy) is 1. The van der Waals surface area contributed by atoms with E-state index >= 15 is 0 Å². The fourth-order valence-corrected chi connectivity index (χ4v) is 1.76. The van der Waals surface area contributed by atoms with Gasteiger partial charge in [0.1, 0.15) is 5.75 Å². The van der Waals surface area contributed by atoms with Gasteiger partial charge in [0, 0.05) is 11.6 Å². The van der Waals surface area contributed by atoms with Crippen LogP contribution >= 0.6 is 27.5 Å². The maximum atomic E-state index is 5.83. The van der Waals surface area contributed by atoms with Gasteiger partial charge >= 0.3 is 0 Å². The Hall–Kier alpha value is -1.33. The first-order valence-corrected chi connectivity index (χ1v) is 7.06. The van der Waals surface area contributed by atoms with Crippen molar-refractivity contribution in [3.63, 3.8) is 0 Å². The van der Waals surface area contributed by atoms with Crippen LogP contribution in [0.1, 0.15) is 13.3 Å². The summed E-state index contributed by atoms with van der Waals surface area (Å²) in [6.07, 6.45) is 2.67. The standard InChI is InChI=1S/C13H13BrClN3O/c1-2-7-16-13-17-8-11(14)12(18-13)19-10-5-3-9(15)4-6-10/h3-6,8H,2,7H2,1H3,(H,16,17,18). The molecular weight excluding hydrogens is 330 g/mol. The van der Waals surface area contributed by atoms with Crippen molar-refractivity contribution in [3.8, 4) is 11.6 Å². The highest BCUT2D eigenvalue weighted by molar-refractivity contribution is 9.10. The van der Waals surface area contributed by atoms with Gasteiger partial charge in [-0.25, -0.2) is 4.98 Å². The Morgan fingerprint density at radius 2 is 2.05 bits per heavy atom. The van der Waals surface area contributed by atoms with Gasteiger partial charge in [0.15, 0.2) is 0 Å². The molecule has 0 aliphatic rings. The lowest BCUT2D eigenvalue weighted by Gasteiger charge is -2.08. The number of benzene rings is 1. The highest BCUT2D eigenvalue weighted by atomic mass is 79.9. The molecule has 1 aromatic carbocycles. The van der Waals surface area contributed by atoms with Crippen molar-refractivity contribution in [1.82, 2.24) is 9.97 Å². The Kier molecular flexibility index (Phi) is 4.99. The molecule has 0 spiro atoms. The largest absolute Gasteiger partial charge is 0.438 e. The zero-order valence-corrected chi connectivity index (χ0v) is 12.7. The minimum absolute atomic E-state index is 0.468. The van der Waals surface area contributed by atoms with E-state index in [0.717, 1.165) is 13.0 Å². The van der Waals surface area contributed by atoms with Gasteiger partial charge in [-0.1, -0.05) is 18.5 Å². The molecule has 2 rings (SSSR count). The maximum absolute atomic E-state index is 5.83. The SMILES string of the molecule is CCCNc1ncc(Br)c(Oc2ccc(Cl)cc2)n1. The van der Waals surface area contributed by atoms with Crippen molar-refractivity contribution in [2.45, 2.75) is 13.3 Å². The molecule has 19 heavy (non-hydrogen) atoms. The van der Waals surface area contributed by atoms with Crippen LogP contribution in [0, 0.1) is 0 Å². The number of rotatable bonds is 5. The van der Waals surface area contributed by atoms with Crippen LogP contribution in [0.5, 0.6) is 11.6 Å². The molecule has 0 fully saturated rings. The van der Waals surface area contributed by atoms with E-state index in [1.807, 2.05) is 0 Å². The molecule has 100 valence electrons. The Labute approximate surface area is 125 Å². The van der Waals surface area contributed by atoms with Gasteiger partial charge in [-0.05, 0) is 46.6 Å². The monoisotopic (exact) mass is 341 g/mol. The van der Waals surface area contributed by atoms with Crippen molar-refractivity contribution in [3.05, 3.63) is 40.0 Å². The highest BCUT2D eigenvalue weighted by Gasteiger charge is 2.07. The number of hydrogen-bond donors (Lipinski definition) is 1. The van der Waals surface area contributed by atoms with Crippen LogP contribution in [-0.2, 0) is 0 Å². The van der Waals surface area contributed by atoms with E-state index in [0.29, 0.717) is 27.1 Å². The third-order valence-electron chi connectivity index (χ3n) is 2.27. The summed E-state index contributed by atoms with van der Waals surface area (Å²) < 4.78 is 6.39. The van der Waals surface area contributed by atoms with E-state index in [1.165, 1.54) is 0 Å². The Bertz CT molecular complexity index is 548. The van der Waals surface area contributed by atoms with Crippen LogP contribution < -0.4 is 10.1 Å². The lowest BCUT2D eigenvalue weighted by Crippen LogP contribution is -2.04. The van der Waals surface area contributed by atoms with Crippen molar-refractivity contribution >= 4 is 33.5 Å². The highest BCUT2D eigenvalue weighted by Crippen LogP contribution is 2.28. The van der Waals surface area contributed by atoms with Crippen LogP contribution in [0.15, 0.2) is 34.9 Å². The number of nitrogens with zero attached hydrogens (tertiary/aromatic N) is 2. The number of aromatic nitrogens is 2. The molecule has 0 saturated carbocycles. The fraction of sp³-hybridized carbons (Fsp3) is 0.231. The fourth-order valence-electron chi connectivity index (χ4n) is 1.36. The minimum Gasteiger partial charge on any atom is -0.438 e. The quantitative estimate of drug-likeness (QED) is 0.868. The van der Waals surface area contributed by atoms with Gasteiger partial charge in [0.2, 0.25) is 11.8 Å². The van der Waals surface area contributed by atoms with Gasteiger partial charge in [-0.15, -0.1) is 0 Å². The first-order valence-electron chi connectivity index (χ1n) is 5.89. The Morgan fingerprint density at radius 1 is 1.32 bits per heavy atom. The summed E-state index contributed by atoms with van der Waals surface area (Å²) in [5.74, 6) is 1.69. The van der Waals surface area contributed by atoms with Gasteiger partial charge in [-0.2, -0.15) is 4.98 Å². The number of hydrogen-bond acceptors (Lipinski definition) is 4. The van der Waals surface area contributed by atoms with Gasteiger partial charge in [0.25, 0.3) is 0 Å². The van der Waals surface area contributed by atoms with Crippen LogP contribution in [-0.4, -0.2) is 16.5 Å². The number of anilines is 1. The topological polar surface area (TPSA) is 47.0 Å². The van der Waals surface area contributed by atoms with Gasteiger partial charge < -0.3 is 10.1 Å². The van der Waals surface area contributed by atoms with Crippen molar-refractivity contribution in [2.24, 2.45) is 0 Å². The predicted octanol–water partition coefficient (Wildman–Crippen LogP) is 4.51. The van der Waals surface area contributed by atoms with Crippen molar-refractivity contribution in [1.29, 1.82) is 0 Å². The Balaban J connectivity index is 2.16. The summed E-state index contributed by atoms with van der Waals surface area (Å²) in [6.45, 7) is 2.90. The summed E-state index contributed by atoms with van der Waals surface area (Å²) in [5, 5.41) is 3.78. The first kappa shape index (κ1) is 14.1. The molecule has 1 heterocycles. The average Bonchev–Trinajstić information content (AvgIpc) is 2.42. The zero-order chi connectivity index (χ0) is 13.7. The van der Waals surface area contributed by atoms with Gasteiger partial charge in [-0.3, -0.25) is 0 Å². The lowest BCUT2D eigenvalue weighted by molar-refractivity contribution is 0.459. The molecular formula is C13H13BrClN3O. The molecule has 0 bridgehead atoms.